The molecular formula is C23H26N2O2S. The van der Waals surface area contributed by atoms with E-state index in [1.54, 1.807) is 0 Å². The molecule has 0 aliphatic heterocycles. The zero-order valence-electron chi connectivity index (χ0n) is 17.0. The molecule has 28 heavy (non-hydrogen) atoms. The first-order valence-electron chi connectivity index (χ1n) is 9.30. The van der Waals surface area contributed by atoms with Crippen molar-refractivity contribution in [1.82, 2.24) is 4.98 Å². The fourth-order valence-electron chi connectivity index (χ4n) is 2.82. The molecule has 0 radical (unpaired) electrons. The van der Waals surface area contributed by atoms with Crippen molar-refractivity contribution < 1.29 is 9.53 Å². The number of carbonyl (C=O) groups is 1. The second kappa shape index (κ2) is 8.15. The highest BCUT2D eigenvalue weighted by atomic mass is 32.1. The first-order chi connectivity index (χ1) is 13.2. The second-order valence-corrected chi connectivity index (χ2v) is 8.99. The third-order valence-corrected chi connectivity index (χ3v) is 5.54. The molecule has 0 saturated carbocycles. The molecule has 0 bridgehead atoms. The summed E-state index contributed by atoms with van der Waals surface area (Å²) in [5.41, 5.74) is 3.96. The number of nitrogens with one attached hydrogen (secondary N) is 1. The predicted molar refractivity (Wildman–Crippen MR) is 115 cm³/mol. The molecule has 0 aliphatic rings. The summed E-state index contributed by atoms with van der Waals surface area (Å²) in [6.45, 7) is 10.7. The molecule has 1 aromatic heterocycles. The van der Waals surface area contributed by atoms with Gasteiger partial charge in [-0.05, 0) is 54.7 Å². The summed E-state index contributed by atoms with van der Waals surface area (Å²) in [6, 6.07) is 15.9. The van der Waals surface area contributed by atoms with E-state index in [4.69, 9.17) is 4.74 Å². The molecular weight excluding hydrogens is 368 g/mol. The largest absolute Gasteiger partial charge is 0.486 e. The van der Waals surface area contributed by atoms with Crippen molar-refractivity contribution in [2.45, 2.75) is 46.6 Å². The lowest BCUT2D eigenvalue weighted by Gasteiger charge is -2.19. The molecule has 0 saturated heterocycles. The zero-order valence-corrected chi connectivity index (χ0v) is 17.8. The van der Waals surface area contributed by atoms with Crippen molar-refractivity contribution in [2.24, 2.45) is 0 Å². The molecule has 146 valence electrons. The lowest BCUT2D eigenvalue weighted by molar-refractivity contribution is 0.103. The molecule has 0 aliphatic carbocycles. The van der Waals surface area contributed by atoms with Crippen molar-refractivity contribution in [3.8, 4) is 5.75 Å². The normalized spacial score (nSPS) is 11.3. The molecule has 1 N–H and O–H groups in total. The molecule has 0 atom stereocenters. The number of hydrogen-bond acceptors (Lipinski definition) is 4. The molecule has 1 heterocycles. The topological polar surface area (TPSA) is 51.2 Å². The summed E-state index contributed by atoms with van der Waals surface area (Å²) in [5, 5.41) is 3.75. The van der Waals surface area contributed by atoms with Crippen LogP contribution in [0.15, 0.2) is 48.5 Å². The maximum atomic E-state index is 12.7. The van der Waals surface area contributed by atoms with Gasteiger partial charge in [0.15, 0.2) is 0 Å². The molecule has 0 spiro atoms. The van der Waals surface area contributed by atoms with Gasteiger partial charge < -0.3 is 10.1 Å². The maximum Gasteiger partial charge on any atom is 0.267 e. The Morgan fingerprint density at radius 1 is 1.11 bits per heavy atom. The lowest BCUT2D eigenvalue weighted by atomic mass is 9.87. The smallest absolute Gasteiger partial charge is 0.267 e. The third kappa shape index (κ3) is 4.98. The van der Waals surface area contributed by atoms with E-state index in [-0.39, 0.29) is 11.3 Å². The molecule has 0 unspecified atom stereocenters. The van der Waals surface area contributed by atoms with Gasteiger partial charge in [-0.25, -0.2) is 4.98 Å². The lowest BCUT2D eigenvalue weighted by Crippen LogP contribution is -2.13. The van der Waals surface area contributed by atoms with Crippen LogP contribution in [0.3, 0.4) is 0 Å². The highest BCUT2D eigenvalue weighted by Gasteiger charge is 2.17. The molecule has 2 aromatic carbocycles. The standard InChI is InChI=1S/C23H26N2O2S/c1-15-7-6-8-19(13-15)27-14-20-24-16(2)21(28-20)22(26)25-18-11-9-17(10-12-18)23(3,4)5/h6-13H,14H2,1-5H3,(H,25,26). The van der Waals surface area contributed by atoms with E-state index >= 15 is 0 Å². The number of hydrogen-bond donors (Lipinski definition) is 1. The number of anilines is 1. The highest BCUT2D eigenvalue weighted by Crippen LogP contribution is 2.25. The molecule has 1 amide bonds. The Hall–Kier alpha value is -2.66. The fourth-order valence-corrected chi connectivity index (χ4v) is 3.69. The molecule has 4 nitrogen and oxygen atoms in total. The molecule has 3 aromatic rings. The Balaban J connectivity index is 1.66. The SMILES string of the molecule is Cc1cccc(OCc2nc(C)c(C(=O)Nc3ccc(C(C)(C)C)cc3)s2)c1. The quantitative estimate of drug-likeness (QED) is 0.587. The summed E-state index contributed by atoms with van der Waals surface area (Å²) in [4.78, 5) is 17.8. The Morgan fingerprint density at radius 3 is 2.46 bits per heavy atom. The van der Waals surface area contributed by atoms with Crippen LogP contribution in [0.1, 0.15) is 52.3 Å². The summed E-state index contributed by atoms with van der Waals surface area (Å²) in [5.74, 6) is 0.665. The number of aromatic nitrogens is 1. The van der Waals surface area contributed by atoms with Gasteiger partial charge in [0.25, 0.3) is 5.91 Å². The highest BCUT2D eigenvalue weighted by molar-refractivity contribution is 7.13. The maximum absolute atomic E-state index is 12.7. The average molecular weight is 395 g/mol. The second-order valence-electron chi connectivity index (χ2n) is 7.91. The van der Waals surface area contributed by atoms with Crippen molar-refractivity contribution in [3.63, 3.8) is 0 Å². The molecule has 0 fully saturated rings. The van der Waals surface area contributed by atoms with Gasteiger partial charge >= 0.3 is 0 Å². The van der Waals surface area contributed by atoms with Crippen LogP contribution < -0.4 is 10.1 Å². The van der Waals surface area contributed by atoms with Gasteiger partial charge in [0.1, 0.15) is 22.2 Å². The minimum Gasteiger partial charge on any atom is -0.486 e. The van der Waals surface area contributed by atoms with E-state index in [2.05, 4.69) is 43.2 Å². The van der Waals surface area contributed by atoms with Crippen LogP contribution >= 0.6 is 11.3 Å². The van der Waals surface area contributed by atoms with E-state index in [1.165, 1.54) is 16.9 Å². The first kappa shape index (κ1) is 20.1. The zero-order chi connectivity index (χ0) is 20.3. The van der Waals surface area contributed by atoms with E-state index < -0.39 is 0 Å². The minimum atomic E-state index is -0.139. The van der Waals surface area contributed by atoms with Gasteiger partial charge in [-0.2, -0.15) is 0 Å². The summed E-state index contributed by atoms with van der Waals surface area (Å²) < 4.78 is 5.80. The minimum absolute atomic E-state index is 0.0863. The Bertz CT molecular complexity index is 969. The summed E-state index contributed by atoms with van der Waals surface area (Å²) >= 11 is 1.37. The average Bonchev–Trinajstić information content (AvgIpc) is 3.01. The number of benzene rings is 2. The van der Waals surface area contributed by atoms with Crippen molar-refractivity contribution in [2.75, 3.05) is 5.32 Å². The predicted octanol–water partition coefficient (Wildman–Crippen LogP) is 5.89. The number of carbonyl (C=O) groups excluding carboxylic acids is 1. The van der Waals surface area contributed by atoms with Crippen LogP contribution in [0, 0.1) is 13.8 Å². The van der Waals surface area contributed by atoms with Crippen LogP contribution in [0.4, 0.5) is 5.69 Å². The third-order valence-electron chi connectivity index (χ3n) is 4.41. The van der Waals surface area contributed by atoms with Gasteiger partial charge in [0.05, 0.1) is 5.69 Å². The number of ether oxygens (including phenoxy) is 1. The number of aryl methyl sites for hydroxylation is 2. The van der Waals surface area contributed by atoms with E-state index in [0.717, 1.165) is 27.7 Å². The van der Waals surface area contributed by atoms with Crippen LogP contribution in [-0.4, -0.2) is 10.9 Å². The van der Waals surface area contributed by atoms with E-state index in [9.17, 15) is 4.79 Å². The van der Waals surface area contributed by atoms with Crippen LogP contribution in [-0.2, 0) is 12.0 Å². The fraction of sp³-hybridized carbons (Fsp3) is 0.304. The van der Waals surface area contributed by atoms with Crippen molar-refractivity contribution in [1.29, 1.82) is 0 Å². The Morgan fingerprint density at radius 2 is 1.82 bits per heavy atom. The van der Waals surface area contributed by atoms with E-state index in [0.29, 0.717) is 11.5 Å². The van der Waals surface area contributed by atoms with Crippen LogP contribution in [0.2, 0.25) is 0 Å². The van der Waals surface area contributed by atoms with Crippen LogP contribution in [0.25, 0.3) is 0 Å². The summed E-state index contributed by atoms with van der Waals surface area (Å²) in [6.07, 6.45) is 0. The number of rotatable bonds is 5. The van der Waals surface area contributed by atoms with Gasteiger partial charge in [0, 0.05) is 5.69 Å². The Kier molecular flexibility index (Phi) is 5.84. The van der Waals surface area contributed by atoms with Crippen molar-refractivity contribution >= 4 is 22.9 Å². The van der Waals surface area contributed by atoms with Crippen LogP contribution in [0.5, 0.6) is 5.75 Å². The van der Waals surface area contributed by atoms with Gasteiger partial charge in [-0.1, -0.05) is 45.0 Å². The molecule has 5 heteroatoms. The monoisotopic (exact) mass is 394 g/mol. The molecule has 3 rings (SSSR count). The number of nitrogens with zero attached hydrogens (tertiary/aromatic N) is 1. The number of thiazole rings is 1. The van der Waals surface area contributed by atoms with Gasteiger partial charge in [-0.15, -0.1) is 11.3 Å². The van der Waals surface area contributed by atoms with Gasteiger partial charge in [-0.3, -0.25) is 4.79 Å². The first-order valence-corrected chi connectivity index (χ1v) is 10.1. The van der Waals surface area contributed by atoms with Crippen molar-refractivity contribution in [3.05, 3.63) is 75.2 Å². The Labute approximate surface area is 170 Å². The number of amides is 1. The van der Waals surface area contributed by atoms with E-state index in [1.807, 2.05) is 50.2 Å². The van der Waals surface area contributed by atoms with Gasteiger partial charge in [0.2, 0.25) is 0 Å². The summed E-state index contributed by atoms with van der Waals surface area (Å²) in [7, 11) is 0.